The summed E-state index contributed by atoms with van der Waals surface area (Å²) in [6.07, 6.45) is 1.06. The van der Waals surface area contributed by atoms with Crippen LogP contribution < -0.4 is 4.74 Å². The van der Waals surface area contributed by atoms with Crippen molar-refractivity contribution in [2.45, 2.75) is 32.4 Å². The van der Waals surface area contributed by atoms with Crippen LogP contribution >= 0.6 is 0 Å². The Labute approximate surface area is 162 Å². The first kappa shape index (κ1) is 18.5. The van der Waals surface area contributed by atoms with Crippen molar-refractivity contribution in [3.05, 3.63) is 65.9 Å². The maximum atomic E-state index is 13.8. The summed E-state index contributed by atoms with van der Waals surface area (Å²) in [6, 6.07) is 13.4. The molecule has 0 bridgehead atoms. The van der Waals surface area contributed by atoms with Gasteiger partial charge in [0.1, 0.15) is 18.5 Å². The van der Waals surface area contributed by atoms with Gasteiger partial charge < -0.3 is 14.2 Å². The van der Waals surface area contributed by atoms with Crippen LogP contribution in [0, 0.1) is 18.6 Å². The summed E-state index contributed by atoms with van der Waals surface area (Å²) in [5.41, 5.74) is 2.11. The van der Waals surface area contributed by atoms with Crippen LogP contribution in [0.3, 0.4) is 0 Å². The largest absolute Gasteiger partial charge is 0.487 e. The number of hydrogen-bond donors (Lipinski definition) is 0. The lowest BCUT2D eigenvalue weighted by molar-refractivity contribution is -0.133. The van der Waals surface area contributed by atoms with Gasteiger partial charge in [0.05, 0.1) is 0 Å². The van der Waals surface area contributed by atoms with E-state index in [1.165, 1.54) is 12.1 Å². The maximum absolute atomic E-state index is 13.8. The van der Waals surface area contributed by atoms with Gasteiger partial charge in [-0.3, -0.25) is 4.79 Å². The first-order valence-corrected chi connectivity index (χ1v) is 9.45. The highest BCUT2D eigenvalue weighted by atomic mass is 19.1. The van der Waals surface area contributed by atoms with Crippen LogP contribution in [-0.2, 0) is 11.3 Å². The van der Waals surface area contributed by atoms with Gasteiger partial charge in [-0.15, -0.1) is 0 Å². The van der Waals surface area contributed by atoms with E-state index in [9.17, 15) is 13.6 Å². The molecule has 146 valence electrons. The number of carbonyl (C=O) groups is 1. The molecule has 1 fully saturated rings. The highest BCUT2D eigenvalue weighted by Gasteiger charge is 2.25. The molecule has 0 radical (unpaired) electrons. The Balaban J connectivity index is 1.37. The third-order valence-electron chi connectivity index (χ3n) is 5.29. The van der Waals surface area contributed by atoms with Gasteiger partial charge in [-0.25, -0.2) is 8.78 Å². The predicted octanol–water partition coefficient (Wildman–Crippen LogP) is 4.30. The Kier molecular flexibility index (Phi) is 5.03. The summed E-state index contributed by atoms with van der Waals surface area (Å²) < 4.78 is 34.5. The molecule has 0 N–H and O–H groups in total. The molecule has 28 heavy (non-hydrogen) atoms. The number of aryl methyl sites for hydroxylation is 1. The molecule has 0 unspecified atom stereocenters. The van der Waals surface area contributed by atoms with Crippen LogP contribution in [-0.4, -0.2) is 34.6 Å². The van der Waals surface area contributed by atoms with Crippen molar-refractivity contribution >= 4 is 16.8 Å². The van der Waals surface area contributed by atoms with Crippen LogP contribution in [0.2, 0.25) is 0 Å². The molecule has 0 saturated carbocycles. The Morgan fingerprint density at radius 3 is 2.61 bits per heavy atom. The number of ether oxygens (including phenoxy) is 1. The van der Waals surface area contributed by atoms with Gasteiger partial charge >= 0.3 is 0 Å². The Hall–Kier alpha value is -2.89. The zero-order valence-corrected chi connectivity index (χ0v) is 15.7. The molecule has 1 saturated heterocycles. The summed E-state index contributed by atoms with van der Waals surface area (Å²) in [5.74, 6) is -1.21. The predicted molar refractivity (Wildman–Crippen MR) is 103 cm³/mol. The van der Waals surface area contributed by atoms with E-state index in [1.807, 2.05) is 40.7 Å². The SMILES string of the molecule is Cc1cc2ccccc2n1CC(=O)N1CCC(Oc2ccc(F)cc2F)CC1. The maximum Gasteiger partial charge on any atom is 0.242 e. The molecular formula is C22H22F2N2O2. The normalized spacial score (nSPS) is 15.2. The third kappa shape index (κ3) is 3.72. The fourth-order valence-electron chi connectivity index (χ4n) is 3.77. The van der Waals surface area contributed by atoms with Crippen LogP contribution in [0.1, 0.15) is 18.5 Å². The number of fused-ring (bicyclic) bond motifs is 1. The van der Waals surface area contributed by atoms with Crippen molar-refractivity contribution in [3.8, 4) is 5.75 Å². The molecule has 1 aromatic heterocycles. The number of aromatic nitrogens is 1. The molecule has 4 nitrogen and oxygen atoms in total. The summed E-state index contributed by atoms with van der Waals surface area (Å²) in [5, 5.41) is 1.13. The molecule has 3 aromatic rings. The standard InChI is InChI=1S/C22H22F2N2O2/c1-15-12-16-4-2-3-5-20(16)26(15)14-22(27)25-10-8-18(9-11-25)28-21-7-6-17(23)13-19(21)24/h2-7,12-13,18H,8-11,14H2,1H3. The summed E-state index contributed by atoms with van der Waals surface area (Å²) in [6.45, 7) is 3.43. The van der Waals surface area contributed by atoms with Crippen LogP contribution in [0.4, 0.5) is 8.78 Å². The molecular weight excluding hydrogens is 362 g/mol. The Morgan fingerprint density at radius 1 is 1.11 bits per heavy atom. The number of piperidine rings is 1. The number of hydrogen-bond acceptors (Lipinski definition) is 2. The average Bonchev–Trinajstić information content (AvgIpc) is 3.00. The fraction of sp³-hybridized carbons (Fsp3) is 0.318. The topological polar surface area (TPSA) is 34.5 Å². The van der Waals surface area contributed by atoms with Crippen molar-refractivity contribution < 1.29 is 18.3 Å². The fourth-order valence-corrected chi connectivity index (χ4v) is 3.77. The first-order valence-electron chi connectivity index (χ1n) is 9.45. The Morgan fingerprint density at radius 2 is 1.86 bits per heavy atom. The smallest absolute Gasteiger partial charge is 0.242 e. The van der Waals surface area contributed by atoms with Gasteiger partial charge in [-0.1, -0.05) is 18.2 Å². The second-order valence-electron chi connectivity index (χ2n) is 7.20. The van der Waals surface area contributed by atoms with E-state index in [4.69, 9.17) is 4.74 Å². The van der Waals surface area contributed by atoms with Gasteiger partial charge in [-0.05, 0) is 36.6 Å². The molecule has 1 aliphatic rings. The third-order valence-corrected chi connectivity index (χ3v) is 5.29. The molecule has 0 atom stereocenters. The molecule has 2 heterocycles. The minimum absolute atomic E-state index is 0.0561. The quantitative estimate of drug-likeness (QED) is 0.672. The van der Waals surface area contributed by atoms with Crippen molar-refractivity contribution in [1.29, 1.82) is 0 Å². The van der Waals surface area contributed by atoms with E-state index in [0.29, 0.717) is 32.5 Å². The van der Waals surface area contributed by atoms with Crippen molar-refractivity contribution in [3.63, 3.8) is 0 Å². The molecule has 0 spiro atoms. The number of para-hydroxylation sites is 1. The molecule has 1 amide bonds. The minimum atomic E-state index is -0.700. The second kappa shape index (κ2) is 7.62. The monoisotopic (exact) mass is 384 g/mol. The van der Waals surface area contributed by atoms with Crippen LogP contribution in [0.5, 0.6) is 5.75 Å². The molecule has 2 aromatic carbocycles. The average molecular weight is 384 g/mol. The number of nitrogens with zero attached hydrogens (tertiary/aromatic N) is 2. The van der Waals surface area contributed by atoms with Crippen molar-refractivity contribution in [2.24, 2.45) is 0 Å². The highest BCUT2D eigenvalue weighted by Crippen LogP contribution is 2.24. The molecule has 0 aliphatic carbocycles. The second-order valence-corrected chi connectivity index (χ2v) is 7.20. The van der Waals surface area contributed by atoms with E-state index in [2.05, 4.69) is 6.07 Å². The van der Waals surface area contributed by atoms with Crippen LogP contribution in [0.25, 0.3) is 10.9 Å². The van der Waals surface area contributed by atoms with Crippen molar-refractivity contribution in [2.75, 3.05) is 13.1 Å². The lowest BCUT2D eigenvalue weighted by atomic mass is 10.1. The molecule has 6 heteroatoms. The Bertz CT molecular complexity index is 1010. The molecule has 1 aliphatic heterocycles. The number of benzene rings is 2. The lowest BCUT2D eigenvalue weighted by Gasteiger charge is -2.32. The highest BCUT2D eigenvalue weighted by molar-refractivity contribution is 5.84. The van der Waals surface area contributed by atoms with E-state index in [0.717, 1.165) is 22.7 Å². The first-order chi connectivity index (χ1) is 13.5. The summed E-state index contributed by atoms with van der Waals surface area (Å²) in [7, 11) is 0. The zero-order valence-electron chi connectivity index (χ0n) is 15.7. The van der Waals surface area contributed by atoms with Gasteiger partial charge in [-0.2, -0.15) is 0 Å². The lowest BCUT2D eigenvalue weighted by Crippen LogP contribution is -2.43. The van der Waals surface area contributed by atoms with E-state index in [-0.39, 0.29) is 17.8 Å². The van der Waals surface area contributed by atoms with Gasteiger partial charge in [0.2, 0.25) is 5.91 Å². The number of likely N-dealkylation sites (tertiary alicyclic amines) is 1. The summed E-state index contributed by atoms with van der Waals surface area (Å²) in [4.78, 5) is 14.6. The van der Waals surface area contributed by atoms with Gasteiger partial charge in [0, 0.05) is 43.2 Å². The van der Waals surface area contributed by atoms with E-state index < -0.39 is 11.6 Å². The number of halogens is 2. The molecule has 4 rings (SSSR count). The summed E-state index contributed by atoms with van der Waals surface area (Å²) >= 11 is 0. The zero-order chi connectivity index (χ0) is 19.7. The van der Waals surface area contributed by atoms with Gasteiger partial charge in [0.15, 0.2) is 11.6 Å². The van der Waals surface area contributed by atoms with E-state index in [1.54, 1.807) is 0 Å². The number of rotatable bonds is 4. The van der Waals surface area contributed by atoms with Crippen LogP contribution in [0.15, 0.2) is 48.5 Å². The van der Waals surface area contributed by atoms with Crippen molar-refractivity contribution in [1.82, 2.24) is 9.47 Å². The number of amides is 1. The van der Waals surface area contributed by atoms with E-state index >= 15 is 0 Å². The minimum Gasteiger partial charge on any atom is -0.487 e. The number of carbonyl (C=O) groups excluding carboxylic acids is 1. The van der Waals surface area contributed by atoms with Gasteiger partial charge in [0.25, 0.3) is 0 Å².